The van der Waals surface area contributed by atoms with Crippen LogP contribution in [0.25, 0.3) is 0 Å². The average Bonchev–Trinajstić information content (AvgIpc) is 2.07. The van der Waals surface area contributed by atoms with Crippen molar-refractivity contribution in [3.63, 3.8) is 0 Å². The fourth-order valence-corrected chi connectivity index (χ4v) is 2.49. The van der Waals surface area contributed by atoms with Crippen LogP contribution in [0.5, 0.6) is 0 Å². The van der Waals surface area contributed by atoms with Crippen LogP contribution in [0.1, 0.15) is 39.5 Å². The molecule has 70 valence electrons. The lowest BCUT2D eigenvalue weighted by atomic mass is 9.86. The standard InChI is InChI=1S/C10H20N2/c1-7-8(2)12-10-6-4-3-5-9(10)11-7/h7-12H,3-6H2,1-2H3/t7-,8-,9+,10+/m0/s1. The highest BCUT2D eigenvalue weighted by atomic mass is 15.1. The SMILES string of the molecule is C[C@@H]1N[C@@H]2CCCC[C@H]2N[C@H]1C. The van der Waals surface area contributed by atoms with E-state index >= 15 is 0 Å². The molecule has 2 rings (SSSR count). The molecular formula is C10H20N2. The number of fused-ring (bicyclic) bond motifs is 1. The zero-order valence-corrected chi connectivity index (χ0v) is 8.14. The first-order valence-corrected chi connectivity index (χ1v) is 5.29. The van der Waals surface area contributed by atoms with Crippen LogP contribution in [-0.4, -0.2) is 24.2 Å². The Hall–Kier alpha value is -0.0800. The largest absolute Gasteiger partial charge is 0.308 e. The molecule has 1 heterocycles. The second-order valence-electron chi connectivity index (χ2n) is 4.41. The number of hydrogen-bond donors (Lipinski definition) is 2. The predicted octanol–water partition coefficient (Wildman–Crippen LogP) is 1.27. The fraction of sp³-hybridized carbons (Fsp3) is 1.00. The molecule has 1 aliphatic heterocycles. The minimum absolute atomic E-state index is 0.643. The summed E-state index contributed by atoms with van der Waals surface area (Å²) >= 11 is 0. The summed E-state index contributed by atoms with van der Waals surface area (Å²) in [6.07, 6.45) is 5.57. The Morgan fingerprint density at radius 1 is 0.833 bits per heavy atom. The number of nitrogens with one attached hydrogen (secondary N) is 2. The minimum atomic E-state index is 0.643. The molecule has 2 nitrogen and oxygen atoms in total. The lowest BCUT2D eigenvalue weighted by Gasteiger charge is -2.43. The summed E-state index contributed by atoms with van der Waals surface area (Å²) in [6.45, 7) is 4.56. The zero-order chi connectivity index (χ0) is 8.55. The average molecular weight is 168 g/mol. The van der Waals surface area contributed by atoms with Gasteiger partial charge in [0, 0.05) is 24.2 Å². The van der Waals surface area contributed by atoms with E-state index in [0.29, 0.717) is 12.1 Å². The van der Waals surface area contributed by atoms with E-state index in [9.17, 15) is 0 Å². The van der Waals surface area contributed by atoms with E-state index in [2.05, 4.69) is 24.5 Å². The maximum absolute atomic E-state index is 3.71. The van der Waals surface area contributed by atoms with Crippen LogP contribution in [0.4, 0.5) is 0 Å². The van der Waals surface area contributed by atoms with Crippen molar-refractivity contribution in [2.45, 2.75) is 63.7 Å². The van der Waals surface area contributed by atoms with Crippen molar-refractivity contribution in [1.82, 2.24) is 10.6 Å². The van der Waals surface area contributed by atoms with Gasteiger partial charge in [-0.25, -0.2) is 0 Å². The van der Waals surface area contributed by atoms with Crippen molar-refractivity contribution >= 4 is 0 Å². The molecular weight excluding hydrogens is 148 g/mol. The van der Waals surface area contributed by atoms with Gasteiger partial charge in [-0.2, -0.15) is 0 Å². The van der Waals surface area contributed by atoms with Crippen LogP contribution in [0.2, 0.25) is 0 Å². The third-order valence-electron chi connectivity index (χ3n) is 3.47. The smallest absolute Gasteiger partial charge is 0.0224 e. The van der Waals surface area contributed by atoms with Crippen molar-refractivity contribution < 1.29 is 0 Å². The van der Waals surface area contributed by atoms with Gasteiger partial charge in [-0.15, -0.1) is 0 Å². The molecule has 1 saturated carbocycles. The van der Waals surface area contributed by atoms with E-state index in [1.165, 1.54) is 25.7 Å². The van der Waals surface area contributed by atoms with Crippen LogP contribution in [0.15, 0.2) is 0 Å². The van der Waals surface area contributed by atoms with Gasteiger partial charge in [-0.1, -0.05) is 12.8 Å². The van der Waals surface area contributed by atoms with Crippen molar-refractivity contribution in [2.24, 2.45) is 0 Å². The lowest BCUT2D eigenvalue weighted by molar-refractivity contribution is 0.183. The summed E-state index contributed by atoms with van der Waals surface area (Å²) in [5, 5.41) is 7.41. The third kappa shape index (κ3) is 1.50. The first-order valence-electron chi connectivity index (χ1n) is 5.29. The van der Waals surface area contributed by atoms with E-state index in [-0.39, 0.29) is 0 Å². The fourth-order valence-electron chi connectivity index (χ4n) is 2.49. The highest BCUT2D eigenvalue weighted by Gasteiger charge is 2.32. The third-order valence-corrected chi connectivity index (χ3v) is 3.47. The van der Waals surface area contributed by atoms with Gasteiger partial charge in [0.2, 0.25) is 0 Å². The molecule has 1 aliphatic carbocycles. The van der Waals surface area contributed by atoms with Crippen LogP contribution < -0.4 is 10.6 Å². The highest BCUT2D eigenvalue weighted by Crippen LogP contribution is 2.22. The molecule has 2 aliphatic rings. The van der Waals surface area contributed by atoms with E-state index in [4.69, 9.17) is 0 Å². The van der Waals surface area contributed by atoms with E-state index < -0.39 is 0 Å². The molecule has 0 aromatic rings. The molecule has 0 spiro atoms. The molecule has 1 saturated heterocycles. The van der Waals surface area contributed by atoms with E-state index in [1.807, 2.05) is 0 Å². The first kappa shape index (κ1) is 8.52. The Kier molecular flexibility index (Phi) is 2.37. The Balaban J connectivity index is 1.98. The van der Waals surface area contributed by atoms with Crippen LogP contribution >= 0.6 is 0 Å². The Bertz CT molecular complexity index is 140. The van der Waals surface area contributed by atoms with Crippen molar-refractivity contribution in [1.29, 1.82) is 0 Å². The van der Waals surface area contributed by atoms with Gasteiger partial charge < -0.3 is 10.6 Å². The number of piperazine rings is 1. The predicted molar refractivity (Wildman–Crippen MR) is 51.2 cm³/mol. The van der Waals surface area contributed by atoms with Gasteiger partial charge >= 0.3 is 0 Å². The normalized spacial score (nSPS) is 48.5. The number of hydrogen-bond acceptors (Lipinski definition) is 2. The van der Waals surface area contributed by atoms with Gasteiger partial charge in [0.15, 0.2) is 0 Å². The molecule has 2 N–H and O–H groups in total. The summed E-state index contributed by atoms with van der Waals surface area (Å²) in [7, 11) is 0. The Labute approximate surface area is 75.1 Å². The summed E-state index contributed by atoms with van der Waals surface area (Å²) in [4.78, 5) is 0. The van der Waals surface area contributed by atoms with E-state index in [0.717, 1.165) is 12.1 Å². The second kappa shape index (κ2) is 3.35. The molecule has 2 fully saturated rings. The Morgan fingerprint density at radius 2 is 1.25 bits per heavy atom. The summed E-state index contributed by atoms with van der Waals surface area (Å²) in [6, 6.07) is 2.79. The summed E-state index contributed by atoms with van der Waals surface area (Å²) < 4.78 is 0. The monoisotopic (exact) mass is 168 g/mol. The van der Waals surface area contributed by atoms with Gasteiger partial charge in [0.1, 0.15) is 0 Å². The summed E-state index contributed by atoms with van der Waals surface area (Å²) in [5.41, 5.74) is 0. The van der Waals surface area contributed by atoms with E-state index in [1.54, 1.807) is 0 Å². The molecule has 0 unspecified atom stereocenters. The maximum atomic E-state index is 3.71. The Morgan fingerprint density at radius 3 is 1.67 bits per heavy atom. The van der Waals surface area contributed by atoms with Gasteiger partial charge in [0.05, 0.1) is 0 Å². The van der Waals surface area contributed by atoms with Gasteiger partial charge in [-0.3, -0.25) is 0 Å². The molecule has 0 aromatic heterocycles. The summed E-state index contributed by atoms with van der Waals surface area (Å²) in [5.74, 6) is 0. The quantitative estimate of drug-likeness (QED) is 0.569. The van der Waals surface area contributed by atoms with Crippen LogP contribution in [0, 0.1) is 0 Å². The van der Waals surface area contributed by atoms with Crippen LogP contribution in [-0.2, 0) is 0 Å². The molecule has 0 bridgehead atoms. The van der Waals surface area contributed by atoms with Gasteiger partial charge in [0.25, 0.3) is 0 Å². The highest BCUT2D eigenvalue weighted by molar-refractivity contribution is 4.96. The molecule has 4 atom stereocenters. The minimum Gasteiger partial charge on any atom is -0.308 e. The molecule has 2 heteroatoms. The topological polar surface area (TPSA) is 24.1 Å². The van der Waals surface area contributed by atoms with Crippen molar-refractivity contribution in [2.75, 3.05) is 0 Å². The molecule has 0 amide bonds. The molecule has 12 heavy (non-hydrogen) atoms. The first-order chi connectivity index (χ1) is 5.77. The molecule has 0 aromatic carbocycles. The second-order valence-corrected chi connectivity index (χ2v) is 4.41. The lowest BCUT2D eigenvalue weighted by Crippen LogP contribution is -2.64. The maximum Gasteiger partial charge on any atom is 0.0224 e. The molecule has 0 radical (unpaired) electrons. The number of rotatable bonds is 0. The zero-order valence-electron chi connectivity index (χ0n) is 8.14. The van der Waals surface area contributed by atoms with Crippen molar-refractivity contribution in [3.8, 4) is 0 Å². The van der Waals surface area contributed by atoms with Gasteiger partial charge in [-0.05, 0) is 26.7 Å². The van der Waals surface area contributed by atoms with Crippen LogP contribution in [0.3, 0.4) is 0 Å². The van der Waals surface area contributed by atoms with Crippen molar-refractivity contribution in [3.05, 3.63) is 0 Å².